The molecule has 5 heteroatoms. The predicted octanol–water partition coefficient (Wildman–Crippen LogP) is 1.74. The van der Waals surface area contributed by atoms with E-state index in [2.05, 4.69) is 12.2 Å². The first-order chi connectivity index (χ1) is 8.66. The summed E-state index contributed by atoms with van der Waals surface area (Å²) >= 11 is 0. The van der Waals surface area contributed by atoms with Crippen LogP contribution in [0.3, 0.4) is 0 Å². The summed E-state index contributed by atoms with van der Waals surface area (Å²) in [5, 5.41) is 8.41. The number of carbonyl (C=O) groups excluding carboxylic acids is 1. The molecule has 3 unspecified atom stereocenters. The van der Waals surface area contributed by atoms with Gasteiger partial charge in [-0.25, -0.2) is 4.79 Å². The van der Waals surface area contributed by atoms with Gasteiger partial charge in [-0.3, -0.25) is 9.68 Å². The van der Waals surface area contributed by atoms with Crippen LogP contribution in [0.15, 0.2) is 12.2 Å². The van der Waals surface area contributed by atoms with Crippen molar-refractivity contribution in [3.8, 4) is 0 Å². The molecule has 0 aromatic rings. The SMILES string of the molecule is O=C(O)CC[CH]COOC(=O)C1CC2C=CC1C2. The minimum Gasteiger partial charge on any atom is -0.481 e. The van der Waals surface area contributed by atoms with Crippen molar-refractivity contribution in [2.24, 2.45) is 17.8 Å². The number of carboxylic acids is 1. The molecule has 2 bridgehead atoms. The van der Waals surface area contributed by atoms with Crippen molar-refractivity contribution in [1.82, 2.24) is 0 Å². The Morgan fingerprint density at radius 3 is 2.78 bits per heavy atom. The summed E-state index contributed by atoms with van der Waals surface area (Å²) < 4.78 is 0. The molecule has 2 rings (SSSR count). The van der Waals surface area contributed by atoms with Crippen molar-refractivity contribution in [2.75, 3.05) is 6.61 Å². The lowest BCUT2D eigenvalue weighted by molar-refractivity contribution is -0.272. The second kappa shape index (κ2) is 6.00. The van der Waals surface area contributed by atoms with Gasteiger partial charge in [0.1, 0.15) is 0 Å². The molecule has 0 aromatic heterocycles. The molecule has 5 nitrogen and oxygen atoms in total. The van der Waals surface area contributed by atoms with Crippen LogP contribution in [0.25, 0.3) is 0 Å². The van der Waals surface area contributed by atoms with E-state index < -0.39 is 5.97 Å². The fourth-order valence-electron chi connectivity index (χ4n) is 2.56. The smallest absolute Gasteiger partial charge is 0.346 e. The molecule has 2 aliphatic rings. The molecular weight excluding hydrogens is 236 g/mol. The number of unbranched alkanes of at least 4 members (excludes halogenated alkanes) is 1. The van der Waals surface area contributed by atoms with Crippen LogP contribution in [-0.4, -0.2) is 23.7 Å². The molecule has 1 fully saturated rings. The first kappa shape index (κ1) is 13.1. The molecule has 0 heterocycles. The second-order valence-corrected chi connectivity index (χ2v) is 4.79. The van der Waals surface area contributed by atoms with Crippen LogP contribution in [-0.2, 0) is 19.4 Å². The van der Waals surface area contributed by atoms with Crippen molar-refractivity contribution in [3.63, 3.8) is 0 Å². The third-order valence-electron chi connectivity index (χ3n) is 3.47. The summed E-state index contributed by atoms with van der Waals surface area (Å²) in [7, 11) is 0. The second-order valence-electron chi connectivity index (χ2n) is 4.79. The van der Waals surface area contributed by atoms with Crippen LogP contribution < -0.4 is 0 Å². The van der Waals surface area contributed by atoms with Crippen molar-refractivity contribution in [2.45, 2.75) is 25.7 Å². The van der Waals surface area contributed by atoms with E-state index in [9.17, 15) is 9.59 Å². The fraction of sp³-hybridized carbons (Fsp3) is 0.615. The van der Waals surface area contributed by atoms with Gasteiger partial charge in [0.05, 0.1) is 12.5 Å². The molecule has 0 aromatic carbocycles. The van der Waals surface area contributed by atoms with Gasteiger partial charge in [-0.05, 0) is 37.5 Å². The minimum atomic E-state index is -0.850. The lowest BCUT2D eigenvalue weighted by atomic mass is 9.94. The number of hydrogen-bond donors (Lipinski definition) is 1. The Bertz CT molecular complexity index is 349. The lowest BCUT2D eigenvalue weighted by Crippen LogP contribution is -2.22. The van der Waals surface area contributed by atoms with Gasteiger partial charge in [0, 0.05) is 6.42 Å². The zero-order valence-corrected chi connectivity index (χ0v) is 10.1. The summed E-state index contributed by atoms with van der Waals surface area (Å²) in [6.45, 7) is 0.135. The molecule has 0 saturated heterocycles. The van der Waals surface area contributed by atoms with Crippen molar-refractivity contribution in [3.05, 3.63) is 18.6 Å². The number of rotatable bonds is 7. The molecule has 18 heavy (non-hydrogen) atoms. The highest BCUT2D eigenvalue weighted by Crippen LogP contribution is 2.43. The largest absolute Gasteiger partial charge is 0.481 e. The topological polar surface area (TPSA) is 72.8 Å². The van der Waals surface area contributed by atoms with Gasteiger partial charge < -0.3 is 5.11 Å². The first-order valence-electron chi connectivity index (χ1n) is 6.22. The van der Waals surface area contributed by atoms with Gasteiger partial charge in [-0.15, -0.1) is 0 Å². The van der Waals surface area contributed by atoms with Crippen LogP contribution in [0.4, 0.5) is 0 Å². The van der Waals surface area contributed by atoms with Crippen molar-refractivity contribution in [1.29, 1.82) is 0 Å². The third-order valence-corrected chi connectivity index (χ3v) is 3.47. The molecule has 0 amide bonds. The summed E-state index contributed by atoms with van der Waals surface area (Å²) in [5.74, 6) is -0.397. The minimum absolute atomic E-state index is 0.0640. The maximum absolute atomic E-state index is 11.7. The summed E-state index contributed by atoms with van der Waals surface area (Å²) in [5.41, 5.74) is 0. The van der Waals surface area contributed by atoms with E-state index >= 15 is 0 Å². The Morgan fingerprint density at radius 2 is 2.17 bits per heavy atom. The Balaban J connectivity index is 1.56. The molecule has 0 spiro atoms. The van der Waals surface area contributed by atoms with E-state index in [1.54, 1.807) is 6.42 Å². The monoisotopic (exact) mass is 253 g/mol. The Morgan fingerprint density at radius 1 is 1.33 bits per heavy atom. The molecule has 2 aliphatic carbocycles. The highest BCUT2D eigenvalue weighted by Gasteiger charge is 2.41. The van der Waals surface area contributed by atoms with E-state index in [0.717, 1.165) is 12.8 Å². The van der Waals surface area contributed by atoms with Gasteiger partial charge >= 0.3 is 11.9 Å². The Kier molecular flexibility index (Phi) is 4.36. The zero-order valence-electron chi connectivity index (χ0n) is 10.1. The number of hydrogen-bond acceptors (Lipinski definition) is 4. The maximum Gasteiger partial charge on any atom is 0.346 e. The average molecular weight is 253 g/mol. The van der Waals surface area contributed by atoms with Crippen molar-refractivity contribution >= 4 is 11.9 Å². The standard InChI is InChI=1S/C13H17O5/c14-12(15)3-1-2-6-17-18-13(16)11-8-9-4-5-10(11)7-9/h2,4-5,9-11H,1,3,6-8H2,(H,14,15). The number of fused-ring (bicyclic) bond motifs is 2. The van der Waals surface area contributed by atoms with Gasteiger partial charge in [0.15, 0.2) is 0 Å². The summed E-state index contributed by atoms with van der Waals surface area (Å²) in [4.78, 5) is 31.4. The van der Waals surface area contributed by atoms with Crippen LogP contribution >= 0.6 is 0 Å². The average Bonchev–Trinajstić information content (AvgIpc) is 2.94. The molecular formula is C13H17O5. The number of aliphatic carboxylic acids is 1. The number of carbonyl (C=O) groups is 2. The van der Waals surface area contributed by atoms with Gasteiger partial charge in [0.25, 0.3) is 0 Å². The van der Waals surface area contributed by atoms with E-state index in [1.807, 2.05) is 0 Å². The number of allylic oxidation sites excluding steroid dienone is 2. The Hall–Kier alpha value is -1.36. The molecule has 3 atom stereocenters. The molecule has 1 saturated carbocycles. The summed E-state index contributed by atoms with van der Waals surface area (Å²) in [6, 6.07) is 0. The van der Waals surface area contributed by atoms with Crippen LogP contribution in [0.2, 0.25) is 0 Å². The third kappa shape index (κ3) is 3.32. The van der Waals surface area contributed by atoms with Gasteiger partial charge in [0.2, 0.25) is 0 Å². The van der Waals surface area contributed by atoms with Crippen LogP contribution in [0.5, 0.6) is 0 Å². The maximum atomic E-state index is 11.7. The quantitative estimate of drug-likeness (QED) is 0.324. The molecule has 1 radical (unpaired) electrons. The van der Waals surface area contributed by atoms with E-state index in [1.165, 1.54) is 0 Å². The van der Waals surface area contributed by atoms with Gasteiger partial charge in [-0.1, -0.05) is 12.2 Å². The highest BCUT2D eigenvalue weighted by atomic mass is 17.2. The van der Waals surface area contributed by atoms with E-state index in [4.69, 9.17) is 14.9 Å². The molecule has 1 N–H and O–H groups in total. The van der Waals surface area contributed by atoms with Crippen LogP contribution in [0.1, 0.15) is 25.7 Å². The lowest BCUT2D eigenvalue weighted by Gasteiger charge is -2.15. The Labute approximate surface area is 106 Å². The first-order valence-corrected chi connectivity index (χ1v) is 6.22. The van der Waals surface area contributed by atoms with Crippen LogP contribution in [0, 0.1) is 24.2 Å². The number of carboxylic acid groups (broad SMARTS) is 1. The zero-order chi connectivity index (χ0) is 13.0. The predicted molar refractivity (Wildman–Crippen MR) is 62.1 cm³/mol. The van der Waals surface area contributed by atoms with E-state index in [0.29, 0.717) is 18.3 Å². The molecule has 99 valence electrons. The van der Waals surface area contributed by atoms with E-state index in [-0.39, 0.29) is 24.9 Å². The highest BCUT2D eigenvalue weighted by molar-refractivity contribution is 5.73. The normalized spacial score (nSPS) is 28.6. The summed E-state index contributed by atoms with van der Waals surface area (Å²) in [6.07, 6.45) is 8.25. The van der Waals surface area contributed by atoms with Crippen molar-refractivity contribution < 1.29 is 24.5 Å². The molecule has 0 aliphatic heterocycles. The van der Waals surface area contributed by atoms with Gasteiger partial charge in [-0.2, -0.15) is 4.89 Å². The fourth-order valence-corrected chi connectivity index (χ4v) is 2.56.